The van der Waals surface area contributed by atoms with E-state index in [0.29, 0.717) is 6.23 Å². The van der Waals surface area contributed by atoms with Crippen LogP contribution >= 0.6 is 0 Å². The van der Waals surface area contributed by atoms with Gasteiger partial charge in [0.15, 0.2) is 0 Å². The van der Waals surface area contributed by atoms with Crippen LogP contribution in [0.3, 0.4) is 0 Å². The maximum atomic E-state index is 5.63. The maximum absolute atomic E-state index is 5.63. The lowest BCUT2D eigenvalue weighted by Crippen LogP contribution is -2.51. The zero-order chi connectivity index (χ0) is 10.2. The van der Waals surface area contributed by atoms with Gasteiger partial charge in [-0.1, -0.05) is 0 Å². The van der Waals surface area contributed by atoms with Gasteiger partial charge in [0.25, 0.3) is 0 Å². The van der Waals surface area contributed by atoms with Crippen LogP contribution in [0.25, 0.3) is 0 Å². The molecule has 0 aliphatic heterocycles. The molecule has 4 nitrogen and oxygen atoms in total. The Morgan fingerprint density at radius 1 is 0.923 bits per heavy atom. The Morgan fingerprint density at radius 3 is 1.54 bits per heavy atom. The first-order valence-corrected chi connectivity index (χ1v) is 10.8. The van der Waals surface area contributed by atoms with Gasteiger partial charge < -0.3 is 18.0 Å². The predicted molar refractivity (Wildman–Crippen MR) is 65.3 cm³/mol. The van der Waals surface area contributed by atoms with E-state index >= 15 is 0 Å². The van der Waals surface area contributed by atoms with Gasteiger partial charge >= 0.3 is 8.80 Å². The number of hydrogen-bond acceptors (Lipinski definition) is 4. The maximum Gasteiger partial charge on any atom is 0.527 e. The third kappa shape index (κ3) is 5.22. The summed E-state index contributed by atoms with van der Waals surface area (Å²) >= 11 is 0. The van der Waals surface area contributed by atoms with Crippen molar-refractivity contribution in [3.63, 3.8) is 0 Å². The molecule has 0 fully saturated rings. The molecule has 0 aliphatic rings. The molecule has 0 bridgehead atoms. The minimum atomic E-state index is -2.41. The molecule has 0 N–H and O–H groups in total. The van der Waals surface area contributed by atoms with Crippen LogP contribution in [0.5, 0.6) is 0 Å². The molecule has 0 rings (SSSR count). The molecule has 0 aliphatic carbocycles. The van der Waals surface area contributed by atoms with Crippen molar-refractivity contribution >= 4 is 39.5 Å². The molecule has 0 spiro atoms. The smallest absolute Gasteiger partial charge is 0.380 e. The van der Waals surface area contributed by atoms with Gasteiger partial charge in [-0.3, -0.25) is 0 Å². The first-order chi connectivity index (χ1) is 6.24. The topological polar surface area (TPSA) is 36.9 Å². The van der Waals surface area contributed by atoms with Crippen LogP contribution in [0.2, 0.25) is 0 Å². The molecule has 0 aromatic rings. The van der Waals surface area contributed by atoms with E-state index in [9.17, 15) is 0 Å². The Bertz CT molecular complexity index is 95.6. The second-order valence-corrected chi connectivity index (χ2v) is 6.67. The van der Waals surface area contributed by atoms with Crippen LogP contribution in [0, 0.1) is 0 Å². The number of rotatable bonds is 8. The Morgan fingerprint density at radius 2 is 1.31 bits per heavy atom. The van der Waals surface area contributed by atoms with E-state index in [1.54, 1.807) is 7.11 Å². The summed E-state index contributed by atoms with van der Waals surface area (Å²) in [6.07, 6.45) is 2.77. The first kappa shape index (κ1) is 13.7. The Labute approximate surface area is 89.9 Å². The van der Waals surface area contributed by atoms with Crippen molar-refractivity contribution in [3.8, 4) is 0 Å². The van der Waals surface area contributed by atoms with Gasteiger partial charge in [-0.2, -0.15) is 0 Å². The standard InChI is InChI=1S/C5H20O4Si4/c1-6-5-13(7-2-10,8-3-11)9-4-12/h2-5H2,1,10-12H3. The molecule has 0 atom stereocenters. The number of hydrogen-bond donors (Lipinski definition) is 0. The number of ether oxygens (including phenoxy) is 1. The zero-order valence-corrected chi connectivity index (χ0v) is 16.0. The third-order valence-corrected chi connectivity index (χ3v) is 6.84. The fourth-order valence-corrected chi connectivity index (χ4v) is 7.22. The van der Waals surface area contributed by atoms with E-state index < -0.39 is 8.80 Å². The van der Waals surface area contributed by atoms with E-state index in [-0.39, 0.29) is 0 Å². The van der Waals surface area contributed by atoms with Crippen LogP contribution in [0.4, 0.5) is 0 Å². The van der Waals surface area contributed by atoms with Crippen molar-refractivity contribution < 1.29 is 18.0 Å². The molecule has 0 aromatic heterocycles. The van der Waals surface area contributed by atoms with E-state index in [0.717, 1.165) is 49.4 Å². The van der Waals surface area contributed by atoms with Gasteiger partial charge in [0.2, 0.25) is 0 Å². The van der Waals surface area contributed by atoms with Crippen LogP contribution in [0.1, 0.15) is 0 Å². The second-order valence-electron chi connectivity index (χ2n) is 2.42. The minimum Gasteiger partial charge on any atom is -0.380 e. The normalized spacial score (nSPS) is 16.4. The average Bonchev–Trinajstić information content (AvgIpc) is 2.06. The highest BCUT2D eigenvalue weighted by molar-refractivity contribution is 6.61. The molecule has 0 amide bonds. The van der Waals surface area contributed by atoms with E-state index in [4.69, 9.17) is 18.0 Å². The van der Waals surface area contributed by atoms with Crippen molar-refractivity contribution in [3.05, 3.63) is 0 Å². The largest absolute Gasteiger partial charge is 0.527 e. The summed E-state index contributed by atoms with van der Waals surface area (Å²) in [6, 6.07) is 0. The van der Waals surface area contributed by atoms with Gasteiger partial charge in [0, 0.05) is 56.5 Å². The fourth-order valence-electron chi connectivity index (χ4n) is 1.09. The Kier molecular flexibility index (Phi) is 8.49. The molecule has 0 saturated carbocycles. The monoisotopic (exact) mass is 256 g/mol. The third-order valence-electron chi connectivity index (χ3n) is 1.41. The van der Waals surface area contributed by atoms with Crippen molar-refractivity contribution in [2.75, 3.05) is 32.0 Å². The van der Waals surface area contributed by atoms with Gasteiger partial charge in [-0.25, -0.2) is 0 Å². The highest BCUT2D eigenvalue weighted by Crippen LogP contribution is 2.08. The molecule has 80 valence electrons. The molecule has 0 unspecified atom stereocenters. The van der Waals surface area contributed by atoms with Gasteiger partial charge in [0.05, 0.1) is 0 Å². The van der Waals surface area contributed by atoms with Crippen LogP contribution in [-0.2, 0) is 18.0 Å². The Balaban J connectivity index is 4.19. The van der Waals surface area contributed by atoms with E-state index in [1.807, 2.05) is 0 Å². The fraction of sp³-hybridized carbons (Fsp3) is 1.00. The molecule has 0 heterocycles. The molecule has 0 saturated heterocycles. The van der Waals surface area contributed by atoms with Crippen molar-refractivity contribution in [1.29, 1.82) is 0 Å². The highest BCUT2D eigenvalue weighted by atomic mass is 28.4. The van der Waals surface area contributed by atoms with Crippen molar-refractivity contribution in [2.24, 2.45) is 0 Å². The van der Waals surface area contributed by atoms with Crippen LogP contribution in [0.15, 0.2) is 0 Å². The minimum absolute atomic E-state index is 0.486. The summed E-state index contributed by atoms with van der Waals surface area (Å²) in [4.78, 5) is 0. The summed E-state index contributed by atoms with van der Waals surface area (Å²) in [5, 5.41) is 0. The van der Waals surface area contributed by atoms with E-state index in [2.05, 4.69) is 0 Å². The number of methoxy groups -OCH3 is 1. The quantitative estimate of drug-likeness (QED) is 0.417. The molecule has 0 radical (unpaired) electrons. The first-order valence-electron chi connectivity index (χ1n) is 4.65. The molecule has 13 heavy (non-hydrogen) atoms. The second kappa shape index (κ2) is 8.05. The lowest BCUT2D eigenvalue weighted by Gasteiger charge is -2.27. The van der Waals surface area contributed by atoms with Crippen molar-refractivity contribution in [1.82, 2.24) is 0 Å². The lowest BCUT2D eigenvalue weighted by atomic mass is 11.5. The summed E-state index contributed by atoms with van der Waals surface area (Å²) < 4.78 is 22.0. The summed E-state index contributed by atoms with van der Waals surface area (Å²) in [5.41, 5.74) is 0. The van der Waals surface area contributed by atoms with Crippen LogP contribution < -0.4 is 0 Å². The van der Waals surface area contributed by atoms with Gasteiger partial charge in [-0.05, 0) is 0 Å². The molecule has 0 aromatic carbocycles. The lowest BCUT2D eigenvalue weighted by molar-refractivity contribution is 0.0655. The Hall–Kier alpha value is 0.708. The van der Waals surface area contributed by atoms with Crippen LogP contribution in [-0.4, -0.2) is 71.6 Å². The predicted octanol–water partition coefficient (Wildman–Crippen LogP) is -3.87. The van der Waals surface area contributed by atoms with Gasteiger partial charge in [-0.15, -0.1) is 0 Å². The zero-order valence-electron chi connectivity index (χ0n) is 8.96. The van der Waals surface area contributed by atoms with E-state index in [1.165, 1.54) is 0 Å². The summed E-state index contributed by atoms with van der Waals surface area (Å²) in [7, 11) is 2.28. The highest BCUT2D eigenvalue weighted by Gasteiger charge is 2.40. The van der Waals surface area contributed by atoms with Crippen molar-refractivity contribution in [2.45, 2.75) is 0 Å². The average molecular weight is 257 g/mol. The summed E-state index contributed by atoms with van der Waals surface area (Å²) in [6.45, 7) is 0. The SMILES string of the molecule is COC[Si](OC[SiH3])(OC[SiH3])OC[SiH3]. The summed E-state index contributed by atoms with van der Waals surface area (Å²) in [5.74, 6) is 0. The van der Waals surface area contributed by atoms with Gasteiger partial charge in [0.1, 0.15) is 6.23 Å². The molecular weight excluding hydrogens is 236 g/mol. The molecular formula is C5H20O4Si4. The molecule has 8 heteroatoms.